The number of ether oxygens (including phenoxy) is 1. The third-order valence-electron chi connectivity index (χ3n) is 4.80. The molecule has 4 nitrogen and oxygen atoms in total. The van der Waals surface area contributed by atoms with E-state index in [4.69, 9.17) is 4.74 Å². The standard InChI is InChI=1S/C20H29NO3S/c1-6-8-9-16(22)21-18-17(19(23)24-7-2)14-11-10-13(20(3,4)5)12-15(14)25-18/h6,13H,1,7-12H2,2-5H3,(H,21,22)/t13-/m0/s1. The molecule has 0 fully saturated rings. The first-order valence-corrected chi connectivity index (χ1v) is 9.82. The lowest BCUT2D eigenvalue weighted by atomic mass is 9.72. The molecule has 25 heavy (non-hydrogen) atoms. The van der Waals surface area contributed by atoms with Crippen molar-refractivity contribution in [3.05, 3.63) is 28.7 Å². The monoisotopic (exact) mass is 363 g/mol. The van der Waals surface area contributed by atoms with Crippen molar-refractivity contribution in [3.8, 4) is 0 Å². The van der Waals surface area contributed by atoms with E-state index in [1.807, 2.05) is 0 Å². The van der Waals surface area contributed by atoms with Crippen molar-refractivity contribution in [2.24, 2.45) is 11.3 Å². The fourth-order valence-corrected chi connectivity index (χ4v) is 4.59. The number of amides is 1. The van der Waals surface area contributed by atoms with Gasteiger partial charge in [-0.15, -0.1) is 17.9 Å². The summed E-state index contributed by atoms with van der Waals surface area (Å²) < 4.78 is 5.25. The molecule has 1 atom stereocenters. The predicted octanol–water partition coefficient (Wildman–Crippen LogP) is 4.98. The molecule has 2 rings (SSSR count). The van der Waals surface area contributed by atoms with Crippen molar-refractivity contribution >= 4 is 28.2 Å². The summed E-state index contributed by atoms with van der Waals surface area (Å²) in [4.78, 5) is 25.8. The van der Waals surface area contributed by atoms with Crippen molar-refractivity contribution in [2.75, 3.05) is 11.9 Å². The Labute approximate surface area is 154 Å². The van der Waals surface area contributed by atoms with Gasteiger partial charge in [0.05, 0.1) is 12.2 Å². The molecule has 1 aromatic rings. The van der Waals surface area contributed by atoms with Crippen LogP contribution < -0.4 is 5.32 Å². The van der Waals surface area contributed by atoms with Gasteiger partial charge in [0, 0.05) is 11.3 Å². The second-order valence-corrected chi connectivity index (χ2v) is 8.71. The summed E-state index contributed by atoms with van der Waals surface area (Å²) in [6, 6.07) is 0. The summed E-state index contributed by atoms with van der Waals surface area (Å²) in [5, 5.41) is 3.57. The molecule has 5 heteroatoms. The molecule has 1 heterocycles. The summed E-state index contributed by atoms with van der Waals surface area (Å²) in [6.45, 7) is 12.6. The van der Waals surface area contributed by atoms with Gasteiger partial charge < -0.3 is 10.1 Å². The van der Waals surface area contributed by atoms with Gasteiger partial charge in [-0.1, -0.05) is 26.8 Å². The smallest absolute Gasteiger partial charge is 0.341 e. The van der Waals surface area contributed by atoms with Crippen LogP contribution in [0.5, 0.6) is 0 Å². The minimum Gasteiger partial charge on any atom is -0.462 e. The van der Waals surface area contributed by atoms with Crippen LogP contribution >= 0.6 is 11.3 Å². The zero-order valence-electron chi connectivity index (χ0n) is 15.7. The van der Waals surface area contributed by atoms with E-state index in [0.29, 0.717) is 35.9 Å². The molecule has 1 aromatic heterocycles. The first-order valence-electron chi connectivity index (χ1n) is 9.00. The second-order valence-electron chi connectivity index (χ2n) is 7.61. The maximum absolute atomic E-state index is 12.5. The highest BCUT2D eigenvalue weighted by molar-refractivity contribution is 7.17. The summed E-state index contributed by atoms with van der Waals surface area (Å²) in [5.41, 5.74) is 1.88. The third-order valence-corrected chi connectivity index (χ3v) is 5.97. The molecule has 0 aliphatic heterocycles. The number of carbonyl (C=O) groups is 2. The van der Waals surface area contributed by atoms with Gasteiger partial charge in [0.1, 0.15) is 5.00 Å². The Bertz CT molecular complexity index is 655. The summed E-state index contributed by atoms with van der Waals surface area (Å²) >= 11 is 1.54. The zero-order chi connectivity index (χ0) is 18.6. The van der Waals surface area contributed by atoms with E-state index in [2.05, 4.69) is 32.7 Å². The van der Waals surface area contributed by atoms with Crippen LogP contribution in [0.1, 0.15) is 67.8 Å². The summed E-state index contributed by atoms with van der Waals surface area (Å²) in [5.74, 6) is 0.169. The van der Waals surface area contributed by atoms with Crippen molar-refractivity contribution in [1.82, 2.24) is 0 Å². The highest BCUT2D eigenvalue weighted by atomic mass is 32.1. The van der Waals surface area contributed by atoms with Gasteiger partial charge in [0.15, 0.2) is 0 Å². The Hall–Kier alpha value is -1.62. The lowest BCUT2D eigenvalue weighted by molar-refractivity contribution is -0.116. The normalized spacial score (nSPS) is 16.9. The number of allylic oxidation sites excluding steroid dienone is 1. The Morgan fingerprint density at radius 1 is 1.40 bits per heavy atom. The molecule has 0 spiro atoms. The van der Waals surface area contributed by atoms with Gasteiger partial charge in [0.25, 0.3) is 0 Å². The van der Waals surface area contributed by atoms with E-state index in [0.717, 1.165) is 24.8 Å². The van der Waals surface area contributed by atoms with Crippen LogP contribution in [0, 0.1) is 11.3 Å². The zero-order valence-corrected chi connectivity index (χ0v) is 16.6. The number of hydrogen-bond acceptors (Lipinski definition) is 4. The Morgan fingerprint density at radius 2 is 2.12 bits per heavy atom. The molecule has 0 radical (unpaired) electrons. The lowest BCUT2D eigenvalue weighted by Gasteiger charge is -2.33. The van der Waals surface area contributed by atoms with Crippen LogP contribution in [0.15, 0.2) is 12.7 Å². The number of anilines is 1. The Balaban J connectivity index is 2.32. The topological polar surface area (TPSA) is 55.4 Å². The van der Waals surface area contributed by atoms with Crippen LogP contribution in [0.3, 0.4) is 0 Å². The van der Waals surface area contributed by atoms with E-state index >= 15 is 0 Å². The Kier molecular flexibility index (Phi) is 6.44. The number of fused-ring (bicyclic) bond motifs is 1. The van der Waals surface area contributed by atoms with Gasteiger partial charge in [-0.2, -0.15) is 0 Å². The number of esters is 1. The van der Waals surface area contributed by atoms with Gasteiger partial charge in [-0.3, -0.25) is 4.79 Å². The molecule has 0 aromatic carbocycles. The largest absolute Gasteiger partial charge is 0.462 e. The first kappa shape index (κ1) is 19.7. The molecule has 1 aliphatic carbocycles. The van der Waals surface area contributed by atoms with E-state index in [9.17, 15) is 9.59 Å². The van der Waals surface area contributed by atoms with Crippen LogP contribution in [0.25, 0.3) is 0 Å². The number of hydrogen-bond donors (Lipinski definition) is 1. The average molecular weight is 364 g/mol. The van der Waals surface area contributed by atoms with Crippen LogP contribution in [0.2, 0.25) is 0 Å². The van der Waals surface area contributed by atoms with Crippen molar-refractivity contribution in [2.45, 2.75) is 59.8 Å². The minimum atomic E-state index is -0.326. The minimum absolute atomic E-state index is 0.0867. The molecule has 1 amide bonds. The highest BCUT2D eigenvalue weighted by Crippen LogP contribution is 2.44. The fourth-order valence-electron chi connectivity index (χ4n) is 3.25. The number of rotatable bonds is 6. The van der Waals surface area contributed by atoms with Gasteiger partial charge in [0.2, 0.25) is 5.91 Å². The van der Waals surface area contributed by atoms with Crippen molar-refractivity contribution in [1.29, 1.82) is 0 Å². The molecular weight excluding hydrogens is 334 g/mol. The number of carbonyl (C=O) groups excluding carboxylic acids is 2. The maximum Gasteiger partial charge on any atom is 0.341 e. The van der Waals surface area contributed by atoms with Crippen LogP contribution in [-0.2, 0) is 22.4 Å². The molecule has 0 bridgehead atoms. The molecule has 1 N–H and O–H groups in total. The van der Waals surface area contributed by atoms with Crippen molar-refractivity contribution in [3.63, 3.8) is 0 Å². The van der Waals surface area contributed by atoms with E-state index in [1.165, 1.54) is 16.2 Å². The van der Waals surface area contributed by atoms with Crippen LogP contribution in [-0.4, -0.2) is 18.5 Å². The molecule has 0 saturated heterocycles. The van der Waals surface area contributed by atoms with Crippen molar-refractivity contribution < 1.29 is 14.3 Å². The number of thiophene rings is 1. The predicted molar refractivity (Wildman–Crippen MR) is 103 cm³/mol. The SMILES string of the molecule is C=CCCC(=O)Nc1sc2c(c1C(=O)OCC)CC[C@H](C(C)(C)C)C2. The average Bonchev–Trinajstić information content (AvgIpc) is 2.89. The second kappa shape index (κ2) is 8.17. The van der Waals surface area contributed by atoms with E-state index < -0.39 is 0 Å². The van der Waals surface area contributed by atoms with E-state index in [1.54, 1.807) is 13.0 Å². The molecule has 0 saturated carbocycles. The third kappa shape index (κ3) is 4.72. The number of nitrogens with one attached hydrogen (secondary N) is 1. The summed E-state index contributed by atoms with van der Waals surface area (Å²) in [6.07, 6.45) is 5.60. The summed E-state index contributed by atoms with van der Waals surface area (Å²) in [7, 11) is 0. The quantitative estimate of drug-likeness (QED) is 0.573. The molecular formula is C20H29NO3S. The van der Waals surface area contributed by atoms with Gasteiger partial charge >= 0.3 is 5.97 Å². The highest BCUT2D eigenvalue weighted by Gasteiger charge is 2.34. The lowest BCUT2D eigenvalue weighted by Crippen LogP contribution is -2.26. The maximum atomic E-state index is 12.5. The molecule has 1 aliphatic rings. The first-order chi connectivity index (χ1) is 11.8. The molecule has 138 valence electrons. The van der Waals surface area contributed by atoms with Gasteiger partial charge in [-0.05, 0) is 49.5 Å². The van der Waals surface area contributed by atoms with Gasteiger partial charge in [-0.25, -0.2) is 4.79 Å². The Morgan fingerprint density at radius 3 is 2.72 bits per heavy atom. The fraction of sp³-hybridized carbons (Fsp3) is 0.600. The van der Waals surface area contributed by atoms with E-state index in [-0.39, 0.29) is 17.3 Å². The molecule has 0 unspecified atom stereocenters. The van der Waals surface area contributed by atoms with Crippen LogP contribution in [0.4, 0.5) is 5.00 Å².